The molecule has 164 valence electrons. The number of benzene rings is 1. The van der Waals surface area contributed by atoms with Gasteiger partial charge in [-0.1, -0.05) is 19.4 Å². The summed E-state index contributed by atoms with van der Waals surface area (Å²) in [7, 11) is 1.61. The van der Waals surface area contributed by atoms with E-state index in [4.69, 9.17) is 9.47 Å². The van der Waals surface area contributed by atoms with Crippen molar-refractivity contribution in [2.45, 2.75) is 52.7 Å². The van der Waals surface area contributed by atoms with Crippen molar-refractivity contribution >= 4 is 17.2 Å². The predicted octanol–water partition coefficient (Wildman–Crippen LogP) is 5.27. The average Bonchev–Trinajstić information content (AvgIpc) is 3.17. The summed E-state index contributed by atoms with van der Waals surface area (Å²) >= 11 is 1.49. The number of hydrogen-bond acceptors (Lipinski definition) is 6. The molecule has 1 aromatic carbocycles. The van der Waals surface area contributed by atoms with Gasteiger partial charge in [0.1, 0.15) is 11.5 Å². The molecule has 7 heteroatoms. The fourth-order valence-electron chi connectivity index (χ4n) is 3.16. The lowest BCUT2D eigenvalue weighted by molar-refractivity contribution is 0.0943. The fraction of sp³-hybridized carbons (Fsp3) is 0.375. The lowest BCUT2D eigenvalue weighted by Crippen LogP contribution is -2.26. The van der Waals surface area contributed by atoms with Gasteiger partial charge in [-0.15, -0.1) is 11.3 Å². The molecule has 0 saturated carbocycles. The SMILES string of the molecule is CCCCc1nc(C)c(C(=O)NC(C)c2ccc(OCc3ccncc3)c(OC)c2)s1. The van der Waals surface area contributed by atoms with E-state index < -0.39 is 0 Å². The van der Waals surface area contributed by atoms with Crippen LogP contribution in [0, 0.1) is 6.92 Å². The van der Waals surface area contributed by atoms with E-state index in [9.17, 15) is 4.79 Å². The van der Waals surface area contributed by atoms with Gasteiger partial charge < -0.3 is 14.8 Å². The Bertz CT molecular complexity index is 1000. The number of thiazole rings is 1. The van der Waals surface area contributed by atoms with Crippen LogP contribution in [-0.2, 0) is 13.0 Å². The summed E-state index contributed by atoms with van der Waals surface area (Å²) < 4.78 is 11.4. The number of unbranched alkanes of at least 4 members (excludes halogenated alkanes) is 1. The summed E-state index contributed by atoms with van der Waals surface area (Å²) in [6, 6.07) is 9.36. The Labute approximate surface area is 187 Å². The van der Waals surface area contributed by atoms with Crippen molar-refractivity contribution in [3.63, 3.8) is 0 Å². The molecule has 0 fully saturated rings. The van der Waals surface area contributed by atoms with Crippen molar-refractivity contribution in [3.05, 3.63) is 69.4 Å². The number of rotatable bonds is 10. The number of carbonyl (C=O) groups is 1. The Morgan fingerprint density at radius 1 is 1.19 bits per heavy atom. The van der Waals surface area contributed by atoms with Crippen LogP contribution in [0.5, 0.6) is 11.5 Å². The molecule has 3 rings (SSSR count). The summed E-state index contributed by atoms with van der Waals surface area (Å²) in [5.41, 5.74) is 2.76. The molecular formula is C24H29N3O3S. The highest BCUT2D eigenvalue weighted by Gasteiger charge is 2.19. The van der Waals surface area contributed by atoms with Crippen LogP contribution < -0.4 is 14.8 Å². The first-order valence-corrected chi connectivity index (χ1v) is 11.3. The van der Waals surface area contributed by atoms with E-state index in [2.05, 4.69) is 22.2 Å². The molecule has 0 aliphatic heterocycles. The zero-order valence-electron chi connectivity index (χ0n) is 18.5. The monoisotopic (exact) mass is 439 g/mol. The first kappa shape index (κ1) is 22.7. The molecule has 0 radical (unpaired) electrons. The van der Waals surface area contributed by atoms with Gasteiger partial charge in [0.25, 0.3) is 5.91 Å². The molecule has 3 aromatic rings. The Hall–Kier alpha value is -2.93. The fourth-order valence-corrected chi connectivity index (χ4v) is 4.17. The van der Waals surface area contributed by atoms with E-state index >= 15 is 0 Å². The van der Waals surface area contributed by atoms with Gasteiger partial charge in [0.15, 0.2) is 11.5 Å². The number of aryl methyl sites for hydroxylation is 2. The van der Waals surface area contributed by atoms with Gasteiger partial charge in [-0.3, -0.25) is 9.78 Å². The van der Waals surface area contributed by atoms with Crippen LogP contribution in [0.2, 0.25) is 0 Å². The van der Waals surface area contributed by atoms with E-state index in [-0.39, 0.29) is 11.9 Å². The first-order valence-electron chi connectivity index (χ1n) is 10.5. The van der Waals surface area contributed by atoms with Crippen LogP contribution in [0.1, 0.15) is 64.2 Å². The highest BCUT2D eigenvalue weighted by Crippen LogP contribution is 2.31. The zero-order chi connectivity index (χ0) is 22.2. The number of ether oxygens (including phenoxy) is 2. The van der Waals surface area contributed by atoms with Crippen molar-refractivity contribution in [1.82, 2.24) is 15.3 Å². The molecule has 1 N–H and O–H groups in total. The lowest BCUT2D eigenvalue weighted by atomic mass is 10.1. The Balaban J connectivity index is 1.66. The van der Waals surface area contributed by atoms with Gasteiger partial charge in [-0.05, 0) is 62.1 Å². The molecule has 2 aromatic heterocycles. The molecule has 0 saturated heterocycles. The highest BCUT2D eigenvalue weighted by molar-refractivity contribution is 7.13. The number of hydrogen-bond donors (Lipinski definition) is 1. The second kappa shape index (κ2) is 10.9. The number of methoxy groups -OCH3 is 1. The normalized spacial score (nSPS) is 11.7. The minimum atomic E-state index is -0.184. The molecule has 0 bridgehead atoms. The van der Waals surface area contributed by atoms with Gasteiger partial charge >= 0.3 is 0 Å². The zero-order valence-corrected chi connectivity index (χ0v) is 19.3. The summed E-state index contributed by atoms with van der Waals surface area (Å²) in [6.45, 7) is 6.43. The second-order valence-electron chi connectivity index (χ2n) is 7.38. The number of nitrogens with zero attached hydrogens (tertiary/aromatic N) is 2. The van der Waals surface area contributed by atoms with Gasteiger partial charge in [-0.2, -0.15) is 0 Å². The topological polar surface area (TPSA) is 73.3 Å². The Morgan fingerprint density at radius 2 is 1.97 bits per heavy atom. The third kappa shape index (κ3) is 6.04. The quantitative estimate of drug-likeness (QED) is 0.466. The molecular weight excluding hydrogens is 410 g/mol. The molecule has 1 atom stereocenters. The number of carbonyl (C=O) groups excluding carboxylic acids is 1. The lowest BCUT2D eigenvalue weighted by Gasteiger charge is -2.17. The number of pyridine rings is 1. The van der Waals surface area contributed by atoms with Crippen LogP contribution >= 0.6 is 11.3 Å². The van der Waals surface area contributed by atoms with E-state index in [1.807, 2.05) is 44.2 Å². The summed E-state index contributed by atoms with van der Waals surface area (Å²) in [6.07, 6.45) is 6.59. The van der Waals surface area contributed by atoms with Crippen molar-refractivity contribution in [2.75, 3.05) is 7.11 Å². The third-order valence-corrected chi connectivity index (χ3v) is 6.19. The highest BCUT2D eigenvalue weighted by atomic mass is 32.1. The maximum Gasteiger partial charge on any atom is 0.263 e. The number of amides is 1. The van der Waals surface area contributed by atoms with Crippen LogP contribution in [0.15, 0.2) is 42.7 Å². The summed E-state index contributed by atoms with van der Waals surface area (Å²) in [5, 5.41) is 4.10. The Morgan fingerprint density at radius 3 is 2.68 bits per heavy atom. The van der Waals surface area contributed by atoms with Crippen LogP contribution in [0.25, 0.3) is 0 Å². The van der Waals surface area contributed by atoms with Gasteiger partial charge in [-0.25, -0.2) is 4.98 Å². The van der Waals surface area contributed by atoms with E-state index in [0.29, 0.717) is 23.0 Å². The van der Waals surface area contributed by atoms with Crippen molar-refractivity contribution < 1.29 is 14.3 Å². The predicted molar refractivity (Wildman–Crippen MR) is 123 cm³/mol. The summed E-state index contributed by atoms with van der Waals surface area (Å²) in [5.74, 6) is 1.19. The molecule has 1 amide bonds. The van der Waals surface area contributed by atoms with Gasteiger partial charge in [0.05, 0.1) is 23.9 Å². The molecule has 2 heterocycles. The second-order valence-corrected chi connectivity index (χ2v) is 8.46. The van der Waals surface area contributed by atoms with Crippen molar-refractivity contribution in [2.24, 2.45) is 0 Å². The standard InChI is InChI=1S/C24H29N3O3S/c1-5-6-7-22-26-17(3)23(31-22)24(28)27-16(2)19-8-9-20(21(14-19)29-4)30-15-18-10-12-25-13-11-18/h8-14,16H,5-7,15H2,1-4H3,(H,27,28). The minimum Gasteiger partial charge on any atom is -0.493 e. The van der Waals surface area contributed by atoms with E-state index in [0.717, 1.165) is 41.1 Å². The molecule has 1 unspecified atom stereocenters. The summed E-state index contributed by atoms with van der Waals surface area (Å²) in [4.78, 5) is 22.1. The smallest absolute Gasteiger partial charge is 0.263 e. The molecule has 31 heavy (non-hydrogen) atoms. The van der Waals surface area contributed by atoms with E-state index in [1.165, 1.54) is 11.3 Å². The number of nitrogens with one attached hydrogen (secondary N) is 1. The molecule has 6 nitrogen and oxygen atoms in total. The van der Waals surface area contributed by atoms with Crippen molar-refractivity contribution in [3.8, 4) is 11.5 Å². The first-order chi connectivity index (χ1) is 15.0. The molecule has 0 spiro atoms. The van der Waals surface area contributed by atoms with Gasteiger partial charge in [0, 0.05) is 12.4 Å². The maximum absolute atomic E-state index is 12.8. The van der Waals surface area contributed by atoms with Crippen LogP contribution in [0.4, 0.5) is 0 Å². The minimum absolute atomic E-state index is 0.0952. The molecule has 0 aliphatic carbocycles. The van der Waals surface area contributed by atoms with Crippen molar-refractivity contribution in [1.29, 1.82) is 0 Å². The largest absolute Gasteiger partial charge is 0.493 e. The average molecular weight is 440 g/mol. The number of aromatic nitrogens is 2. The van der Waals surface area contributed by atoms with E-state index in [1.54, 1.807) is 19.5 Å². The van der Waals surface area contributed by atoms with Crippen LogP contribution in [-0.4, -0.2) is 23.0 Å². The maximum atomic E-state index is 12.8. The Kier molecular flexibility index (Phi) is 8.00. The third-order valence-electron chi connectivity index (χ3n) is 4.97. The molecule has 0 aliphatic rings. The van der Waals surface area contributed by atoms with Crippen LogP contribution in [0.3, 0.4) is 0 Å². The van der Waals surface area contributed by atoms with Gasteiger partial charge in [0.2, 0.25) is 0 Å².